The summed E-state index contributed by atoms with van der Waals surface area (Å²) in [5, 5.41) is 12.7. The second kappa shape index (κ2) is 24.4. The zero-order valence-electron chi connectivity index (χ0n) is 42.8. The number of hydrogen-bond donors (Lipinski definition) is 4. The molecular weight excluding hydrogens is 952 g/mol. The van der Waals surface area contributed by atoms with E-state index in [0.717, 1.165) is 75.0 Å². The molecule has 4 aromatic rings. The van der Waals surface area contributed by atoms with Gasteiger partial charge in [-0.25, -0.2) is 46.7 Å². The summed E-state index contributed by atoms with van der Waals surface area (Å²) in [6.07, 6.45) is 10.0. The number of anilines is 1. The number of halogens is 1. The Morgan fingerprint density at radius 3 is 1.56 bits per heavy atom. The van der Waals surface area contributed by atoms with Crippen LogP contribution in [-0.4, -0.2) is 106 Å². The zero-order chi connectivity index (χ0) is 53.0. The Labute approximate surface area is 420 Å². The predicted molar refractivity (Wildman–Crippen MR) is 271 cm³/mol. The zero-order valence-corrected chi connectivity index (χ0v) is 44.5. The van der Waals surface area contributed by atoms with Gasteiger partial charge in [0.25, 0.3) is 20.0 Å². The molecule has 21 heteroatoms. The van der Waals surface area contributed by atoms with Crippen molar-refractivity contribution in [2.75, 3.05) is 18.4 Å². The molecule has 0 radical (unpaired) electrons. The number of nitrogens with zero attached hydrogens (tertiary/aromatic N) is 6. The van der Waals surface area contributed by atoms with E-state index < -0.39 is 42.2 Å². The Morgan fingerprint density at radius 1 is 0.690 bits per heavy atom. The van der Waals surface area contributed by atoms with E-state index in [0.29, 0.717) is 30.6 Å². The van der Waals surface area contributed by atoms with E-state index >= 15 is 0 Å². The molecule has 2 saturated heterocycles. The molecule has 2 amide bonds. The molecule has 0 bridgehead atoms. The number of aromatic nitrogens is 4. The minimum atomic E-state index is -3.90. The van der Waals surface area contributed by atoms with Gasteiger partial charge in [0.1, 0.15) is 17.0 Å². The highest BCUT2D eigenvalue weighted by atomic mass is 32.2. The monoisotopic (exact) mass is 1030 g/mol. The van der Waals surface area contributed by atoms with Crippen LogP contribution in [0.25, 0.3) is 0 Å². The molecule has 4 aromatic heterocycles. The summed E-state index contributed by atoms with van der Waals surface area (Å²) in [7, 11) is -7.78. The number of amides is 2. The second-order valence-corrected chi connectivity index (χ2v) is 24.5. The van der Waals surface area contributed by atoms with Crippen LogP contribution in [0.1, 0.15) is 119 Å². The molecule has 0 saturated carbocycles. The number of carbonyl (C=O) groups is 2. The molecule has 6 rings (SSSR count). The third-order valence-electron chi connectivity index (χ3n) is 11.7. The standard InChI is InChI=1S/C25H37N5O4S.C20H33N3O2.C5H5FN2O2S/c1-24(2,3)34-23(31)30-17-18(16-25(30,4)5)12-13-20(15-19-9-6-7-14-27-19)28-21-10-8-11-22(29-21)35(26,32)33;1-19(2,3)25-18(24)23-14-15(13-20(23,4)5)9-10-16(21)12-17-8-6-7-11-22-17;6-4-2-1-3-5(8-4)11(7,9)10/h6-11,14,18,20H,12-13,15-17H2,1-5H3,(H,28,29)(H2,26,32,33);6-8,11,15-16H,9-10,12-14,21H2,1-5H3;1-3H,(H2,7,9,10)/t18-,20?;15-,16?;/m00./s1. The Bertz CT molecular complexity index is 2580. The van der Waals surface area contributed by atoms with Crippen LogP contribution in [0.15, 0.2) is 95.2 Å². The van der Waals surface area contributed by atoms with Gasteiger partial charge in [-0.15, -0.1) is 0 Å². The average Bonchev–Trinajstić information content (AvgIpc) is 3.74. The number of carbonyl (C=O) groups excluding carboxylic acids is 2. The third kappa shape index (κ3) is 20.0. The summed E-state index contributed by atoms with van der Waals surface area (Å²) >= 11 is 0. The van der Waals surface area contributed by atoms with E-state index in [9.17, 15) is 30.8 Å². The lowest BCUT2D eigenvalue weighted by molar-refractivity contribution is 0.0118. The Balaban J connectivity index is 0.000000263. The highest BCUT2D eigenvalue weighted by Gasteiger charge is 2.44. The molecule has 392 valence electrons. The highest BCUT2D eigenvalue weighted by molar-refractivity contribution is 7.89. The van der Waals surface area contributed by atoms with E-state index in [1.54, 1.807) is 24.5 Å². The maximum Gasteiger partial charge on any atom is 0.410 e. The van der Waals surface area contributed by atoms with Crippen molar-refractivity contribution in [3.8, 4) is 0 Å². The average molecular weight is 1030 g/mol. The molecule has 2 aliphatic rings. The van der Waals surface area contributed by atoms with Crippen LogP contribution in [0.2, 0.25) is 0 Å². The molecule has 7 N–H and O–H groups in total. The van der Waals surface area contributed by atoms with E-state index in [4.69, 9.17) is 20.3 Å². The van der Waals surface area contributed by atoms with Crippen molar-refractivity contribution in [3.05, 3.63) is 103 Å². The minimum absolute atomic E-state index is 0.0354. The topological polar surface area (TPSA) is 269 Å². The van der Waals surface area contributed by atoms with Crippen LogP contribution in [0.4, 0.5) is 19.8 Å². The largest absolute Gasteiger partial charge is 0.444 e. The molecule has 6 heterocycles. The van der Waals surface area contributed by atoms with Crippen molar-refractivity contribution >= 4 is 38.1 Å². The Morgan fingerprint density at radius 2 is 1.14 bits per heavy atom. The second-order valence-electron chi connectivity index (χ2n) is 21.5. The van der Waals surface area contributed by atoms with Crippen LogP contribution in [0.3, 0.4) is 0 Å². The summed E-state index contributed by atoms with van der Waals surface area (Å²) in [5.41, 5.74) is 6.79. The van der Waals surface area contributed by atoms with Crippen molar-refractivity contribution in [2.45, 2.75) is 165 Å². The number of sulfonamides is 2. The summed E-state index contributed by atoms with van der Waals surface area (Å²) in [4.78, 5) is 45.0. The molecule has 71 heavy (non-hydrogen) atoms. The lowest BCUT2D eigenvalue weighted by Gasteiger charge is -2.33. The normalized spacial score (nSPS) is 18.5. The number of primary sulfonamides is 2. The van der Waals surface area contributed by atoms with Crippen LogP contribution in [0.5, 0.6) is 0 Å². The van der Waals surface area contributed by atoms with E-state index in [2.05, 4.69) is 58.1 Å². The SMILES string of the molecule is CC(C)(C)OC(=O)N1C[C@@H](CCC(Cc2ccccn2)Nc2cccc(S(N)(=O)=O)n2)CC1(C)C.CC(C)(C)OC(=O)N1C[C@@H](CCC(N)Cc2ccccn2)CC1(C)C.NS(=O)(=O)c1cccc(F)n1. The molecule has 2 aliphatic heterocycles. The number of nitrogens with two attached hydrogens (primary N) is 3. The first-order chi connectivity index (χ1) is 32.8. The van der Waals surface area contributed by atoms with Crippen molar-refractivity contribution in [3.63, 3.8) is 0 Å². The first-order valence-electron chi connectivity index (χ1n) is 23.8. The summed E-state index contributed by atoms with van der Waals surface area (Å²) < 4.78 is 68.0. The summed E-state index contributed by atoms with van der Waals surface area (Å²) in [5.74, 6) is 0.364. The first kappa shape index (κ1) is 58.2. The lowest BCUT2D eigenvalue weighted by Crippen LogP contribution is -2.45. The van der Waals surface area contributed by atoms with Gasteiger partial charge in [0.05, 0.1) is 0 Å². The fourth-order valence-electron chi connectivity index (χ4n) is 8.62. The lowest BCUT2D eigenvalue weighted by atomic mass is 9.91. The summed E-state index contributed by atoms with van der Waals surface area (Å²) in [6.45, 7) is 21.1. The molecule has 0 spiro atoms. The maximum atomic E-state index is 12.8. The van der Waals surface area contributed by atoms with E-state index in [1.807, 2.05) is 87.7 Å². The predicted octanol–water partition coefficient (Wildman–Crippen LogP) is 7.60. The quantitative estimate of drug-likeness (QED) is 0.0886. The number of pyridine rings is 4. The van der Waals surface area contributed by atoms with Crippen LogP contribution in [0, 0.1) is 17.8 Å². The molecule has 2 fully saturated rings. The van der Waals surface area contributed by atoms with Gasteiger partial charge in [0, 0.05) is 72.9 Å². The van der Waals surface area contributed by atoms with Crippen molar-refractivity contribution in [1.82, 2.24) is 29.7 Å². The Kier molecular flexibility index (Phi) is 20.0. The fourth-order valence-corrected chi connectivity index (χ4v) is 9.60. The van der Waals surface area contributed by atoms with Gasteiger partial charge < -0.3 is 30.3 Å². The molecule has 4 atom stereocenters. The van der Waals surface area contributed by atoms with E-state index in [-0.39, 0.29) is 40.4 Å². The number of hydrogen-bond acceptors (Lipinski definition) is 14. The van der Waals surface area contributed by atoms with Gasteiger partial charge in [-0.3, -0.25) is 9.97 Å². The molecule has 2 unspecified atom stereocenters. The molecule has 18 nitrogen and oxygen atoms in total. The van der Waals surface area contributed by atoms with Gasteiger partial charge in [-0.2, -0.15) is 4.39 Å². The van der Waals surface area contributed by atoms with Crippen LogP contribution >= 0.6 is 0 Å². The van der Waals surface area contributed by atoms with E-state index in [1.165, 1.54) is 12.1 Å². The van der Waals surface area contributed by atoms with Crippen molar-refractivity contribution < 1.29 is 40.3 Å². The highest BCUT2D eigenvalue weighted by Crippen LogP contribution is 2.38. The fraction of sp³-hybridized carbons (Fsp3) is 0.560. The van der Waals surface area contributed by atoms with Crippen molar-refractivity contribution in [1.29, 1.82) is 0 Å². The van der Waals surface area contributed by atoms with Crippen LogP contribution in [-0.2, 0) is 42.4 Å². The maximum absolute atomic E-state index is 12.8. The van der Waals surface area contributed by atoms with Crippen LogP contribution < -0.4 is 21.3 Å². The first-order valence-corrected chi connectivity index (χ1v) is 26.9. The number of nitrogens with one attached hydrogen (secondary N) is 1. The van der Waals surface area contributed by atoms with Crippen molar-refractivity contribution in [2.24, 2.45) is 27.8 Å². The third-order valence-corrected chi connectivity index (χ3v) is 13.4. The summed E-state index contributed by atoms with van der Waals surface area (Å²) in [6, 6.07) is 19.9. The smallest absolute Gasteiger partial charge is 0.410 e. The Hall–Kier alpha value is -5.35. The number of ether oxygens (including phenoxy) is 2. The van der Waals surface area contributed by atoms with Gasteiger partial charge >= 0.3 is 12.2 Å². The molecule has 0 aliphatic carbocycles. The van der Waals surface area contributed by atoms with Gasteiger partial charge in [0.2, 0.25) is 5.95 Å². The molecule has 0 aromatic carbocycles. The van der Waals surface area contributed by atoms with Gasteiger partial charge in [-0.05, 0) is 168 Å². The minimum Gasteiger partial charge on any atom is -0.444 e. The van der Waals surface area contributed by atoms with Gasteiger partial charge in [0.15, 0.2) is 10.1 Å². The molecular formula is C50H75FN10O8S2. The van der Waals surface area contributed by atoms with Gasteiger partial charge in [-0.1, -0.05) is 24.3 Å². The number of likely N-dealkylation sites (tertiary alicyclic amines) is 2. The number of rotatable bonds is 14.